The van der Waals surface area contributed by atoms with E-state index in [1.807, 2.05) is 6.92 Å². The van der Waals surface area contributed by atoms with Crippen LogP contribution in [0.2, 0.25) is 0 Å². The second-order valence-electron chi connectivity index (χ2n) is 7.51. The summed E-state index contributed by atoms with van der Waals surface area (Å²) in [5.41, 5.74) is 1.10. The number of nitrogens with one attached hydrogen (secondary N) is 1. The summed E-state index contributed by atoms with van der Waals surface area (Å²) >= 11 is 0. The number of halogens is 3. The van der Waals surface area contributed by atoms with E-state index in [1.165, 1.54) is 28.6 Å². The molecule has 0 aromatic heterocycles. The molecule has 2 N–H and O–H groups in total. The van der Waals surface area contributed by atoms with E-state index in [2.05, 4.69) is 10.1 Å². The quantitative estimate of drug-likeness (QED) is 0.643. The molecule has 0 aliphatic carbocycles. The molecule has 0 saturated carbocycles. The van der Waals surface area contributed by atoms with Crippen molar-refractivity contribution in [3.63, 3.8) is 0 Å². The van der Waals surface area contributed by atoms with Crippen LogP contribution in [-0.2, 0) is 14.8 Å². The molecule has 180 valence electrons. The number of carbonyl (C=O) groups is 1. The summed E-state index contributed by atoms with van der Waals surface area (Å²) in [5, 5.41) is 12.1. The van der Waals surface area contributed by atoms with Crippen LogP contribution in [0, 0.1) is 6.92 Å². The lowest BCUT2D eigenvalue weighted by molar-refractivity contribution is -0.274. The number of amides is 1. The standard InChI is InChI=1S/C21H23F3N2O6S/c1-14-2-8-19(9-3-14)33(29,30)26-11-10-18(12-16(26)13-27)31-20(28)25-15-4-6-17(7-5-15)32-21(22,23)24/h2-9,16,18,27H,10-13H2,1H3,(H,25,28)/t16-,18-/m0/s1. The van der Waals surface area contributed by atoms with E-state index in [0.717, 1.165) is 17.7 Å². The summed E-state index contributed by atoms with van der Waals surface area (Å²) in [5.74, 6) is -0.436. The molecule has 0 unspecified atom stereocenters. The van der Waals surface area contributed by atoms with Crippen LogP contribution in [0.15, 0.2) is 53.4 Å². The first-order valence-electron chi connectivity index (χ1n) is 10.0. The Hall–Kier alpha value is -2.83. The first-order valence-corrected chi connectivity index (χ1v) is 11.4. The van der Waals surface area contributed by atoms with E-state index < -0.39 is 47.0 Å². The van der Waals surface area contributed by atoms with E-state index >= 15 is 0 Å². The minimum absolute atomic E-state index is 0.0445. The first kappa shape index (κ1) is 24.8. The Balaban J connectivity index is 1.58. The molecule has 1 aliphatic heterocycles. The number of carbonyl (C=O) groups excluding carboxylic acids is 1. The topological polar surface area (TPSA) is 105 Å². The molecule has 1 aliphatic rings. The summed E-state index contributed by atoms with van der Waals surface area (Å²) in [4.78, 5) is 12.3. The number of rotatable bonds is 6. The van der Waals surface area contributed by atoms with Crippen LogP contribution in [-0.4, -0.2) is 55.6 Å². The van der Waals surface area contributed by atoms with Gasteiger partial charge in [0.2, 0.25) is 10.0 Å². The van der Waals surface area contributed by atoms with Gasteiger partial charge in [0.15, 0.2) is 0 Å². The van der Waals surface area contributed by atoms with Crippen molar-refractivity contribution in [3.8, 4) is 5.75 Å². The summed E-state index contributed by atoms with van der Waals surface area (Å²) in [6, 6.07) is 10.1. The van der Waals surface area contributed by atoms with Gasteiger partial charge in [-0.3, -0.25) is 5.32 Å². The van der Waals surface area contributed by atoms with Crippen LogP contribution in [0.1, 0.15) is 18.4 Å². The highest BCUT2D eigenvalue weighted by Crippen LogP contribution is 2.28. The van der Waals surface area contributed by atoms with E-state index in [4.69, 9.17) is 4.74 Å². The molecule has 8 nitrogen and oxygen atoms in total. The molecule has 12 heteroatoms. The fourth-order valence-corrected chi connectivity index (χ4v) is 5.11. The molecule has 1 amide bonds. The normalized spacial score (nSPS) is 19.7. The van der Waals surface area contributed by atoms with E-state index in [0.29, 0.717) is 0 Å². The zero-order valence-electron chi connectivity index (χ0n) is 17.6. The number of piperidine rings is 1. The van der Waals surface area contributed by atoms with Crippen LogP contribution in [0.25, 0.3) is 0 Å². The molecule has 2 aromatic carbocycles. The van der Waals surface area contributed by atoms with Gasteiger partial charge in [-0.25, -0.2) is 13.2 Å². The molecule has 33 heavy (non-hydrogen) atoms. The monoisotopic (exact) mass is 488 g/mol. The third kappa shape index (κ3) is 6.59. The molecule has 1 saturated heterocycles. The van der Waals surface area contributed by atoms with Gasteiger partial charge in [0, 0.05) is 18.7 Å². The first-order chi connectivity index (χ1) is 15.5. The smallest absolute Gasteiger partial charge is 0.446 e. The van der Waals surface area contributed by atoms with Crippen LogP contribution in [0.5, 0.6) is 5.75 Å². The summed E-state index contributed by atoms with van der Waals surface area (Å²) < 4.78 is 72.9. The highest BCUT2D eigenvalue weighted by Gasteiger charge is 2.38. The van der Waals surface area contributed by atoms with Crippen LogP contribution < -0.4 is 10.1 Å². The zero-order valence-corrected chi connectivity index (χ0v) is 18.4. The predicted octanol–water partition coefficient (Wildman–Crippen LogP) is 3.66. The fraction of sp³-hybridized carbons (Fsp3) is 0.381. The third-order valence-electron chi connectivity index (χ3n) is 5.06. The van der Waals surface area contributed by atoms with Crippen molar-refractivity contribution in [1.82, 2.24) is 4.31 Å². The van der Waals surface area contributed by atoms with E-state index in [1.54, 1.807) is 12.1 Å². The Kier molecular flexibility index (Phi) is 7.50. The highest BCUT2D eigenvalue weighted by atomic mass is 32.2. The lowest BCUT2D eigenvalue weighted by atomic mass is 10.0. The SMILES string of the molecule is Cc1ccc(S(=O)(=O)N2CC[C@H](OC(=O)Nc3ccc(OC(F)(F)F)cc3)C[C@H]2CO)cc1. The molecule has 1 heterocycles. The Morgan fingerprint density at radius 1 is 1.15 bits per heavy atom. The summed E-state index contributed by atoms with van der Waals surface area (Å²) in [6.45, 7) is 1.43. The molecule has 2 atom stereocenters. The number of hydrogen-bond donors (Lipinski definition) is 2. The predicted molar refractivity (Wildman–Crippen MR) is 112 cm³/mol. The van der Waals surface area contributed by atoms with Crippen molar-refractivity contribution < 1.29 is 41.0 Å². The Bertz CT molecular complexity index is 1060. The molecule has 2 aromatic rings. The molecule has 3 rings (SSSR count). The van der Waals surface area contributed by atoms with Gasteiger partial charge in [-0.15, -0.1) is 13.2 Å². The molecule has 1 fully saturated rings. The van der Waals surface area contributed by atoms with Gasteiger partial charge in [-0.2, -0.15) is 4.31 Å². The van der Waals surface area contributed by atoms with Gasteiger partial charge in [-0.1, -0.05) is 17.7 Å². The number of sulfonamides is 1. The maximum atomic E-state index is 13.0. The number of nitrogens with zero attached hydrogens (tertiary/aromatic N) is 1. The maximum absolute atomic E-state index is 13.0. The van der Waals surface area contributed by atoms with Gasteiger partial charge in [0.25, 0.3) is 0 Å². The second kappa shape index (κ2) is 9.98. The molecular weight excluding hydrogens is 465 g/mol. The Morgan fingerprint density at radius 2 is 1.79 bits per heavy atom. The second-order valence-corrected chi connectivity index (χ2v) is 9.40. The van der Waals surface area contributed by atoms with Crippen molar-refractivity contribution in [2.24, 2.45) is 0 Å². The fourth-order valence-electron chi connectivity index (χ4n) is 3.47. The summed E-state index contributed by atoms with van der Waals surface area (Å²) in [7, 11) is -3.83. The van der Waals surface area contributed by atoms with Crippen molar-refractivity contribution >= 4 is 21.8 Å². The molecular formula is C21H23F3N2O6S. The van der Waals surface area contributed by atoms with Crippen molar-refractivity contribution in [3.05, 3.63) is 54.1 Å². The minimum Gasteiger partial charge on any atom is -0.446 e. The summed E-state index contributed by atoms with van der Waals surface area (Å²) in [6.07, 6.45) is -6.02. The van der Waals surface area contributed by atoms with Crippen molar-refractivity contribution in [1.29, 1.82) is 0 Å². The zero-order chi connectivity index (χ0) is 24.2. The number of anilines is 1. The van der Waals surface area contributed by atoms with E-state index in [9.17, 15) is 31.5 Å². The largest absolute Gasteiger partial charge is 0.573 e. The van der Waals surface area contributed by atoms with Gasteiger partial charge in [0.05, 0.1) is 17.5 Å². The highest BCUT2D eigenvalue weighted by molar-refractivity contribution is 7.89. The number of ether oxygens (including phenoxy) is 2. The number of benzene rings is 2. The number of hydrogen-bond acceptors (Lipinski definition) is 6. The van der Waals surface area contributed by atoms with Gasteiger partial charge in [0.1, 0.15) is 11.9 Å². The van der Waals surface area contributed by atoms with Gasteiger partial charge >= 0.3 is 12.5 Å². The van der Waals surface area contributed by atoms with Crippen LogP contribution in [0.3, 0.4) is 0 Å². The third-order valence-corrected chi connectivity index (χ3v) is 7.03. The number of aryl methyl sites for hydroxylation is 1. The number of alkyl halides is 3. The molecule has 0 spiro atoms. The number of aliphatic hydroxyl groups is 1. The average molecular weight is 488 g/mol. The molecule has 0 bridgehead atoms. The average Bonchev–Trinajstić information content (AvgIpc) is 2.74. The number of aliphatic hydroxyl groups excluding tert-OH is 1. The Morgan fingerprint density at radius 3 is 2.36 bits per heavy atom. The lowest BCUT2D eigenvalue weighted by Gasteiger charge is -2.37. The van der Waals surface area contributed by atoms with Crippen LogP contribution in [0.4, 0.5) is 23.7 Å². The van der Waals surface area contributed by atoms with Gasteiger partial charge < -0.3 is 14.6 Å². The van der Waals surface area contributed by atoms with Crippen molar-refractivity contribution in [2.75, 3.05) is 18.5 Å². The maximum Gasteiger partial charge on any atom is 0.573 e. The minimum atomic E-state index is -4.82. The van der Waals surface area contributed by atoms with Crippen molar-refractivity contribution in [2.45, 2.75) is 43.2 Å². The molecule has 0 radical (unpaired) electrons. The van der Waals surface area contributed by atoms with E-state index in [-0.39, 0.29) is 30.0 Å². The lowest BCUT2D eigenvalue weighted by Crippen LogP contribution is -2.50. The Labute approximate surface area is 189 Å². The van der Waals surface area contributed by atoms with Gasteiger partial charge in [-0.05, 0) is 49.7 Å². The van der Waals surface area contributed by atoms with Crippen LogP contribution >= 0.6 is 0 Å².